The summed E-state index contributed by atoms with van der Waals surface area (Å²) in [6.07, 6.45) is 1.74. The van der Waals surface area contributed by atoms with Crippen LogP contribution in [0.3, 0.4) is 0 Å². The van der Waals surface area contributed by atoms with Gasteiger partial charge in [-0.15, -0.1) is 6.58 Å². The molecule has 0 saturated heterocycles. The van der Waals surface area contributed by atoms with E-state index in [2.05, 4.69) is 32.4 Å². The number of sulfone groups is 1. The molecule has 11 heavy (non-hydrogen) atoms. The molecule has 0 saturated carbocycles. The minimum Gasteiger partial charge on any atom is -0.220 e. The molecule has 0 bridgehead atoms. The summed E-state index contributed by atoms with van der Waals surface area (Å²) >= 11 is 3.80. The molecule has 0 radical (unpaired) electrons. The van der Waals surface area contributed by atoms with E-state index in [0.29, 0.717) is 0 Å². The second kappa shape index (κ2) is 7.63. The van der Waals surface area contributed by atoms with E-state index in [-0.39, 0.29) is 0 Å². The van der Waals surface area contributed by atoms with Gasteiger partial charge in [0.05, 0.1) is 0 Å². The maximum absolute atomic E-state index is 10.1. The minimum absolute atomic E-state index is 0.778. The van der Waals surface area contributed by atoms with Gasteiger partial charge in [-0.25, -0.2) is 8.42 Å². The highest BCUT2D eigenvalue weighted by atomic mass is 32.2. The standard InChI is InChI=1S/C4H6O2S.C3H6S/c1-3-7(5,6)4-2;1-2-3-4/h3-4H,1-2H2;2,4H,1,3H2. The molecule has 0 atom stereocenters. The summed E-state index contributed by atoms with van der Waals surface area (Å²) in [7, 11) is -3.13. The zero-order valence-corrected chi connectivity index (χ0v) is 7.94. The third-order valence-electron chi connectivity index (χ3n) is 0.594. The van der Waals surface area contributed by atoms with Crippen molar-refractivity contribution in [3.63, 3.8) is 0 Å². The van der Waals surface area contributed by atoms with Crippen molar-refractivity contribution in [2.45, 2.75) is 0 Å². The second-order valence-corrected chi connectivity index (χ2v) is 3.60. The third kappa shape index (κ3) is 12.7. The van der Waals surface area contributed by atoms with Gasteiger partial charge in [-0.1, -0.05) is 19.2 Å². The van der Waals surface area contributed by atoms with Gasteiger partial charge in [-0.2, -0.15) is 12.6 Å². The van der Waals surface area contributed by atoms with E-state index in [1.165, 1.54) is 0 Å². The van der Waals surface area contributed by atoms with Crippen LogP contribution < -0.4 is 0 Å². The monoisotopic (exact) mass is 192 g/mol. The molecule has 0 aliphatic rings. The Morgan fingerprint density at radius 2 is 1.45 bits per heavy atom. The fourth-order valence-corrected chi connectivity index (χ4v) is 0.204. The topological polar surface area (TPSA) is 34.1 Å². The van der Waals surface area contributed by atoms with Crippen molar-refractivity contribution < 1.29 is 8.42 Å². The molecular weight excluding hydrogens is 180 g/mol. The molecule has 0 N–H and O–H groups in total. The highest BCUT2D eigenvalue weighted by Crippen LogP contribution is 1.87. The molecule has 2 nitrogen and oxygen atoms in total. The first-order valence-corrected chi connectivity index (χ1v) is 5.00. The van der Waals surface area contributed by atoms with Crippen molar-refractivity contribution in [1.29, 1.82) is 0 Å². The summed E-state index contributed by atoms with van der Waals surface area (Å²) in [5, 5.41) is 1.69. The van der Waals surface area contributed by atoms with Crippen molar-refractivity contribution in [3.8, 4) is 0 Å². The Bertz CT molecular complexity index is 201. The molecule has 0 unspecified atom stereocenters. The zero-order chi connectivity index (χ0) is 9.33. The molecule has 0 fully saturated rings. The van der Waals surface area contributed by atoms with Crippen molar-refractivity contribution >= 4 is 22.5 Å². The van der Waals surface area contributed by atoms with E-state index in [1.807, 2.05) is 0 Å². The van der Waals surface area contributed by atoms with Gasteiger partial charge < -0.3 is 0 Å². The molecule has 0 aliphatic carbocycles. The van der Waals surface area contributed by atoms with Crippen LogP contribution in [0, 0.1) is 0 Å². The van der Waals surface area contributed by atoms with Crippen LogP contribution >= 0.6 is 12.6 Å². The molecule has 0 rings (SSSR count). The predicted octanol–water partition coefficient (Wildman–Crippen LogP) is 1.79. The van der Waals surface area contributed by atoms with Gasteiger partial charge >= 0.3 is 0 Å². The lowest BCUT2D eigenvalue weighted by molar-refractivity contribution is 0.613. The summed E-state index contributed by atoms with van der Waals surface area (Å²) in [4.78, 5) is 0. The van der Waals surface area contributed by atoms with Crippen LogP contribution in [0.4, 0.5) is 0 Å². The lowest BCUT2D eigenvalue weighted by Crippen LogP contribution is -1.83. The maximum Gasteiger partial charge on any atom is 0.191 e. The van der Waals surface area contributed by atoms with E-state index in [4.69, 9.17) is 0 Å². The van der Waals surface area contributed by atoms with Crippen molar-refractivity contribution in [2.24, 2.45) is 0 Å². The van der Waals surface area contributed by atoms with Crippen LogP contribution in [0.25, 0.3) is 0 Å². The molecular formula is C7H12O2S2. The number of hydrogen-bond acceptors (Lipinski definition) is 3. The summed E-state index contributed by atoms with van der Waals surface area (Å²) in [6.45, 7) is 9.49. The Labute approximate surface area is 73.6 Å². The van der Waals surface area contributed by atoms with Gasteiger partial charge in [0.2, 0.25) is 0 Å². The number of hydrogen-bond donors (Lipinski definition) is 1. The quantitative estimate of drug-likeness (QED) is 0.546. The molecule has 0 aliphatic heterocycles. The fourth-order valence-electron chi connectivity index (χ4n) is 0.0680. The fraction of sp³-hybridized carbons (Fsp3) is 0.143. The number of thiol groups is 1. The average Bonchev–Trinajstić information content (AvgIpc) is 2.05. The van der Waals surface area contributed by atoms with Crippen LogP contribution in [0.1, 0.15) is 0 Å². The highest BCUT2D eigenvalue weighted by Gasteiger charge is 1.90. The van der Waals surface area contributed by atoms with Crippen LogP contribution in [0.2, 0.25) is 0 Å². The SMILES string of the molecule is C=CCS.C=CS(=O)(=O)C=C. The molecule has 64 valence electrons. The largest absolute Gasteiger partial charge is 0.220 e. The van der Waals surface area contributed by atoms with Crippen LogP contribution in [-0.4, -0.2) is 14.2 Å². The molecule has 0 spiro atoms. The first-order valence-electron chi connectivity index (χ1n) is 2.75. The van der Waals surface area contributed by atoms with Crippen LogP contribution in [0.5, 0.6) is 0 Å². The maximum atomic E-state index is 10.1. The molecule has 0 aromatic heterocycles. The van der Waals surface area contributed by atoms with E-state index in [0.717, 1.165) is 16.6 Å². The Hall–Kier alpha value is -0.480. The van der Waals surface area contributed by atoms with Gasteiger partial charge in [-0.3, -0.25) is 0 Å². The van der Waals surface area contributed by atoms with Gasteiger partial charge in [0.15, 0.2) is 9.84 Å². The van der Waals surface area contributed by atoms with Gasteiger partial charge in [-0.05, 0) is 0 Å². The van der Waals surface area contributed by atoms with Gasteiger partial charge in [0, 0.05) is 16.6 Å². The number of rotatable bonds is 3. The smallest absolute Gasteiger partial charge is 0.191 e. The third-order valence-corrected chi connectivity index (χ3v) is 1.78. The summed E-state index contributed by atoms with van der Waals surface area (Å²) in [6, 6.07) is 0. The molecule has 0 aromatic rings. The Morgan fingerprint density at radius 1 is 1.18 bits per heavy atom. The lowest BCUT2D eigenvalue weighted by Gasteiger charge is -1.78. The molecule has 4 heteroatoms. The average molecular weight is 192 g/mol. The van der Waals surface area contributed by atoms with Crippen molar-refractivity contribution in [1.82, 2.24) is 0 Å². The Balaban J connectivity index is 0. The van der Waals surface area contributed by atoms with Crippen molar-refractivity contribution in [3.05, 3.63) is 36.6 Å². The van der Waals surface area contributed by atoms with Crippen LogP contribution in [0.15, 0.2) is 36.6 Å². The van der Waals surface area contributed by atoms with Gasteiger partial charge in [0.25, 0.3) is 0 Å². The first kappa shape index (κ1) is 13.1. The molecule has 0 amide bonds. The zero-order valence-electron chi connectivity index (χ0n) is 6.23. The first-order chi connectivity index (χ1) is 5.04. The normalized spacial score (nSPS) is 8.82. The minimum atomic E-state index is -3.13. The highest BCUT2D eigenvalue weighted by molar-refractivity contribution is 7.97. The van der Waals surface area contributed by atoms with Crippen LogP contribution in [-0.2, 0) is 9.84 Å². The second-order valence-electron chi connectivity index (χ2n) is 1.39. The summed E-state index contributed by atoms with van der Waals surface area (Å²) in [5.41, 5.74) is 0. The van der Waals surface area contributed by atoms with Gasteiger partial charge in [0.1, 0.15) is 0 Å². The Kier molecular flexibility index (Phi) is 9.10. The van der Waals surface area contributed by atoms with E-state index in [1.54, 1.807) is 6.08 Å². The van der Waals surface area contributed by atoms with Crippen molar-refractivity contribution in [2.75, 3.05) is 5.75 Å². The van der Waals surface area contributed by atoms with E-state index < -0.39 is 9.84 Å². The Morgan fingerprint density at radius 3 is 1.45 bits per heavy atom. The van der Waals surface area contributed by atoms with E-state index in [9.17, 15) is 8.42 Å². The predicted molar refractivity (Wildman–Crippen MR) is 53.4 cm³/mol. The summed E-state index contributed by atoms with van der Waals surface area (Å²) in [5.74, 6) is 0.778. The lowest BCUT2D eigenvalue weighted by atomic mass is 10.8. The van der Waals surface area contributed by atoms with E-state index >= 15 is 0 Å². The summed E-state index contributed by atoms with van der Waals surface area (Å²) < 4.78 is 20.3. The molecule has 0 heterocycles. The molecule has 0 aromatic carbocycles.